The van der Waals surface area contributed by atoms with Gasteiger partial charge in [-0.15, -0.1) is 10.2 Å². The number of aromatic nitrogens is 3. The lowest BCUT2D eigenvalue weighted by Gasteiger charge is -2.13. The molecule has 0 bridgehead atoms. The minimum Gasteiger partial charge on any atom is -0.494 e. The Hall–Kier alpha value is -2.22. The van der Waals surface area contributed by atoms with Gasteiger partial charge in [-0.3, -0.25) is 4.79 Å². The highest BCUT2D eigenvalue weighted by Crippen LogP contribution is 2.30. The van der Waals surface area contributed by atoms with Crippen molar-refractivity contribution in [2.75, 3.05) is 24.3 Å². The summed E-state index contributed by atoms with van der Waals surface area (Å²) in [4.78, 5) is 12.5. The standard InChI is InChI=1S/C19H28N4O3S/c1-6-23-18(13(4)5)21-22-19(23)27-12-17(24)20-15-11-14(25-7-2)9-10-16(15)26-8-3/h9-11,13H,6-8,12H2,1-5H3,(H,20,24). The molecule has 0 spiro atoms. The molecule has 1 N–H and O–H groups in total. The van der Waals surface area contributed by atoms with Crippen LogP contribution in [0.15, 0.2) is 23.4 Å². The van der Waals surface area contributed by atoms with Gasteiger partial charge < -0.3 is 19.4 Å². The van der Waals surface area contributed by atoms with Crippen molar-refractivity contribution < 1.29 is 14.3 Å². The first kappa shape index (κ1) is 21.1. The van der Waals surface area contributed by atoms with Gasteiger partial charge in [-0.1, -0.05) is 25.6 Å². The second kappa shape index (κ2) is 10.2. The minimum absolute atomic E-state index is 0.133. The highest BCUT2D eigenvalue weighted by Gasteiger charge is 2.16. The molecule has 0 aliphatic rings. The van der Waals surface area contributed by atoms with E-state index in [1.165, 1.54) is 11.8 Å². The molecule has 0 fully saturated rings. The summed E-state index contributed by atoms with van der Waals surface area (Å²) >= 11 is 1.38. The van der Waals surface area contributed by atoms with Gasteiger partial charge in [-0.05, 0) is 32.9 Å². The Morgan fingerprint density at radius 1 is 1.19 bits per heavy atom. The molecule has 148 valence electrons. The summed E-state index contributed by atoms with van der Waals surface area (Å²) in [5, 5.41) is 12.1. The number of hydrogen-bond donors (Lipinski definition) is 1. The molecule has 8 heteroatoms. The molecule has 0 atom stereocenters. The van der Waals surface area contributed by atoms with Crippen LogP contribution in [0.5, 0.6) is 11.5 Å². The normalized spacial score (nSPS) is 10.9. The van der Waals surface area contributed by atoms with E-state index in [2.05, 4.69) is 29.4 Å². The highest BCUT2D eigenvalue weighted by molar-refractivity contribution is 7.99. The molecule has 7 nitrogen and oxygen atoms in total. The van der Waals surface area contributed by atoms with Gasteiger partial charge in [-0.25, -0.2) is 0 Å². The topological polar surface area (TPSA) is 78.3 Å². The van der Waals surface area contributed by atoms with Gasteiger partial charge in [0.25, 0.3) is 0 Å². The van der Waals surface area contributed by atoms with E-state index in [4.69, 9.17) is 9.47 Å². The van der Waals surface area contributed by atoms with E-state index in [1.807, 2.05) is 31.4 Å². The third-order valence-corrected chi connectivity index (χ3v) is 4.71. The zero-order valence-corrected chi connectivity index (χ0v) is 17.4. The molecule has 0 aliphatic carbocycles. The molecule has 0 radical (unpaired) electrons. The number of nitrogens with one attached hydrogen (secondary N) is 1. The Labute approximate surface area is 164 Å². The molecule has 0 saturated carbocycles. The number of thioether (sulfide) groups is 1. The lowest BCUT2D eigenvalue weighted by molar-refractivity contribution is -0.113. The maximum atomic E-state index is 12.5. The summed E-state index contributed by atoms with van der Waals surface area (Å²) in [6.45, 7) is 11.9. The van der Waals surface area contributed by atoms with Gasteiger partial charge in [0.05, 0.1) is 24.7 Å². The first-order chi connectivity index (χ1) is 13.0. The molecule has 1 heterocycles. The SMILES string of the molecule is CCOc1ccc(OCC)c(NC(=O)CSc2nnc(C(C)C)n2CC)c1. The molecule has 1 aromatic heterocycles. The molecule has 0 unspecified atom stereocenters. The number of amides is 1. The summed E-state index contributed by atoms with van der Waals surface area (Å²) in [5.74, 6) is 2.64. The highest BCUT2D eigenvalue weighted by atomic mass is 32.2. The molecular formula is C19H28N4O3S. The van der Waals surface area contributed by atoms with E-state index in [1.54, 1.807) is 12.1 Å². The maximum absolute atomic E-state index is 12.5. The Balaban J connectivity index is 2.06. The number of ether oxygens (including phenoxy) is 2. The number of rotatable bonds is 10. The van der Waals surface area contributed by atoms with Crippen molar-refractivity contribution in [1.29, 1.82) is 0 Å². The molecular weight excluding hydrogens is 364 g/mol. The van der Waals surface area contributed by atoms with Gasteiger partial charge in [0.2, 0.25) is 5.91 Å². The molecule has 2 aromatic rings. The number of anilines is 1. The number of benzene rings is 1. The maximum Gasteiger partial charge on any atom is 0.234 e. The van der Waals surface area contributed by atoms with E-state index in [0.29, 0.717) is 30.4 Å². The van der Waals surface area contributed by atoms with Crippen molar-refractivity contribution in [3.63, 3.8) is 0 Å². The number of nitrogens with zero attached hydrogens (tertiary/aromatic N) is 3. The fourth-order valence-corrected chi connectivity index (χ4v) is 3.40. The third-order valence-electron chi connectivity index (χ3n) is 3.75. The van der Waals surface area contributed by atoms with Crippen LogP contribution in [0.3, 0.4) is 0 Å². The van der Waals surface area contributed by atoms with Crippen LogP contribution in [-0.2, 0) is 11.3 Å². The van der Waals surface area contributed by atoms with Crippen LogP contribution in [0, 0.1) is 0 Å². The first-order valence-electron chi connectivity index (χ1n) is 9.25. The van der Waals surface area contributed by atoms with Gasteiger partial charge in [0.1, 0.15) is 17.3 Å². The van der Waals surface area contributed by atoms with Crippen LogP contribution >= 0.6 is 11.8 Å². The van der Waals surface area contributed by atoms with Crippen molar-refractivity contribution in [1.82, 2.24) is 14.8 Å². The van der Waals surface area contributed by atoms with Crippen molar-refractivity contribution in [2.45, 2.75) is 52.2 Å². The minimum atomic E-state index is -0.133. The van der Waals surface area contributed by atoms with E-state index in [-0.39, 0.29) is 17.6 Å². The van der Waals surface area contributed by atoms with Crippen LogP contribution in [-0.4, -0.2) is 39.6 Å². The van der Waals surface area contributed by atoms with Gasteiger partial charge in [0.15, 0.2) is 5.16 Å². The smallest absolute Gasteiger partial charge is 0.234 e. The Morgan fingerprint density at radius 2 is 1.93 bits per heavy atom. The van der Waals surface area contributed by atoms with Crippen molar-refractivity contribution in [2.24, 2.45) is 0 Å². The zero-order valence-electron chi connectivity index (χ0n) is 16.6. The van der Waals surface area contributed by atoms with Crippen LogP contribution in [0.2, 0.25) is 0 Å². The van der Waals surface area contributed by atoms with Crippen LogP contribution < -0.4 is 14.8 Å². The average molecular weight is 393 g/mol. The lowest BCUT2D eigenvalue weighted by atomic mass is 10.2. The Morgan fingerprint density at radius 3 is 2.56 bits per heavy atom. The number of carbonyl (C=O) groups excluding carboxylic acids is 1. The fourth-order valence-electron chi connectivity index (χ4n) is 2.59. The predicted octanol–water partition coefficient (Wildman–Crippen LogP) is 3.95. The lowest BCUT2D eigenvalue weighted by Crippen LogP contribution is -2.16. The molecule has 1 amide bonds. The summed E-state index contributed by atoms with van der Waals surface area (Å²) in [6.07, 6.45) is 0. The summed E-state index contributed by atoms with van der Waals surface area (Å²) in [5.41, 5.74) is 0.605. The number of carbonyl (C=O) groups is 1. The van der Waals surface area contributed by atoms with Crippen molar-refractivity contribution >= 4 is 23.4 Å². The van der Waals surface area contributed by atoms with Gasteiger partial charge >= 0.3 is 0 Å². The van der Waals surface area contributed by atoms with Gasteiger partial charge in [-0.2, -0.15) is 0 Å². The van der Waals surface area contributed by atoms with Gasteiger partial charge in [0, 0.05) is 18.5 Å². The van der Waals surface area contributed by atoms with Crippen LogP contribution in [0.25, 0.3) is 0 Å². The second-order valence-electron chi connectivity index (χ2n) is 6.10. The van der Waals surface area contributed by atoms with E-state index >= 15 is 0 Å². The Kier molecular flexibility index (Phi) is 7.97. The fraction of sp³-hybridized carbons (Fsp3) is 0.526. The average Bonchev–Trinajstić information content (AvgIpc) is 3.06. The largest absolute Gasteiger partial charge is 0.494 e. The van der Waals surface area contributed by atoms with Crippen LogP contribution in [0.4, 0.5) is 5.69 Å². The van der Waals surface area contributed by atoms with Crippen molar-refractivity contribution in [3.8, 4) is 11.5 Å². The van der Waals surface area contributed by atoms with E-state index in [0.717, 1.165) is 17.5 Å². The molecule has 0 aliphatic heterocycles. The predicted molar refractivity (Wildman–Crippen MR) is 108 cm³/mol. The first-order valence-corrected chi connectivity index (χ1v) is 10.2. The monoisotopic (exact) mass is 392 g/mol. The molecule has 1 aromatic carbocycles. The summed E-state index contributed by atoms with van der Waals surface area (Å²) in [7, 11) is 0. The quantitative estimate of drug-likeness (QED) is 0.617. The zero-order chi connectivity index (χ0) is 19.8. The molecule has 0 saturated heterocycles. The van der Waals surface area contributed by atoms with Crippen molar-refractivity contribution in [3.05, 3.63) is 24.0 Å². The summed E-state index contributed by atoms with van der Waals surface area (Å²) < 4.78 is 13.2. The second-order valence-corrected chi connectivity index (χ2v) is 7.04. The Bertz CT molecular complexity index is 761. The van der Waals surface area contributed by atoms with E-state index < -0.39 is 0 Å². The summed E-state index contributed by atoms with van der Waals surface area (Å²) in [6, 6.07) is 5.42. The van der Waals surface area contributed by atoms with Crippen LogP contribution in [0.1, 0.15) is 46.4 Å². The third kappa shape index (κ3) is 5.63. The number of hydrogen-bond acceptors (Lipinski definition) is 6. The molecule has 2 rings (SSSR count). The molecule has 27 heavy (non-hydrogen) atoms. The van der Waals surface area contributed by atoms with E-state index in [9.17, 15) is 4.79 Å².